The minimum Gasteiger partial charge on any atom is -0.366 e. The summed E-state index contributed by atoms with van der Waals surface area (Å²) in [6.45, 7) is 0.116. The molecule has 1 aromatic heterocycles. The second kappa shape index (κ2) is 4.48. The molecule has 94 valence electrons. The van der Waals surface area contributed by atoms with Gasteiger partial charge in [-0.25, -0.2) is 9.18 Å². The zero-order chi connectivity index (χ0) is 13.3. The molecule has 6 heteroatoms. The number of primary amides is 1. The highest BCUT2D eigenvalue weighted by Gasteiger charge is 2.09. The average molecular weight is 249 g/mol. The van der Waals surface area contributed by atoms with Gasteiger partial charge in [0.2, 0.25) is 5.91 Å². The SMILES string of the molecule is Cn1ccn(Cc2ccc(C(N)=O)cc2F)c1=O. The molecule has 0 saturated carbocycles. The highest BCUT2D eigenvalue weighted by atomic mass is 19.1. The van der Waals surface area contributed by atoms with Crippen LogP contribution in [0, 0.1) is 5.82 Å². The van der Waals surface area contributed by atoms with Crippen LogP contribution in [0.1, 0.15) is 15.9 Å². The Hall–Kier alpha value is -2.37. The number of carbonyl (C=O) groups is 1. The van der Waals surface area contributed by atoms with E-state index in [2.05, 4.69) is 0 Å². The number of nitrogens with zero attached hydrogens (tertiary/aromatic N) is 2. The van der Waals surface area contributed by atoms with Gasteiger partial charge in [0.25, 0.3) is 0 Å². The lowest BCUT2D eigenvalue weighted by molar-refractivity contribution is 0.1000. The molecule has 2 rings (SSSR count). The molecule has 2 N–H and O–H groups in total. The van der Waals surface area contributed by atoms with Crippen LogP contribution in [-0.4, -0.2) is 15.0 Å². The van der Waals surface area contributed by atoms with Crippen LogP contribution in [0.25, 0.3) is 0 Å². The lowest BCUT2D eigenvalue weighted by Gasteiger charge is -2.05. The van der Waals surface area contributed by atoms with Crippen LogP contribution in [0.3, 0.4) is 0 Å². The van der Waals surface area contributed by atoms with Gasteiger partial charge in [-0.3, -0.25) is 9.36 Å². The van der Waals surface area contributed by atoms with Gasteiger partial charge < -0.3 is 10.3 Å². The molecule has 0 bridgehead atoms. The van der Waals surface area contributed by atoms with E-state index in [1.165, 1.54) is 21.3 Å². The summed E-state index contributed by atoms with van der Waals surface area (Å²) in [7, 11) is 1.62. The second-order valence-corrected chi connectivity index (χ2v) is 3.99. The Morgan fingerprint density at radius 3 is 2.61 bits per heavy atom. The fourth-order valence-corrected chi connectivity index (χ4v) is 1.64. The molecule has 0 saturated heterocycles. The van der Waals surface area contributed by atoms with Gasteiger partial charge in [-0.15, -0.1) is 0 Å². The maximum absolute atomic E-state index is 13.7. The van der Waals surface area contributed by atoms with Gasteiger partial charge >= 0.3 is 5.69 Å². The second-order valence-electron chi connectivity index (χ2n) is 3.99. The molecule has 5 nitrogen and oxygen atoms in total. The Kier molecular flexibility index (Phi) is 3.01. The summed E-state index contributed by atoms with van der Waals surface area (Å²) in [5.41, 5.74) is 5.26. The van der Waals surface area contributed by atoms with Crippen molar-refractivity contribution in [2.24, 2.45) is 12.8 Å². The Balaban J connectivity index is 2.33. The first-order valence-electron chi connectivity index (χ1n) is 5.29. The molecule has 1 aromatic carbocycles. The van der Waals surface area contributed by atoms with Crippen molar-refractivity contribution >= 4 is 5.91 Å². The number of rotatable bonds is 3. The van der Waals surface area contributed by atoms with Gasteiger partial charge in [0.1, 0.15) is 5.82 Å². The molecule has 0 unspecified atom stereocenters. The van der Waals surface area contributed by atoms with E-state index in [1.54, 1.807) is 19.4 Å². The molecule has 0 aliphatic rings. The monoisotopic (exact) mass is 249 g/mol. The van der Waals surface area contributed by atoms with E-state index in [-0.39, 0.29) is 17.8 Å². The summed E-state index contributed by atoms with van der Waals surface area (Å²) >= 11 is 0. The van der Waals surface area contributed by atoms with Crippen LogP contribution in [0.2, 0.25) is 0 Å². The normalized spacial score (nSPS) is 10.6. The first kappa shape index (κ1) is 12.1. The van der Waals surface area contributed by atoms with Crippen molar-refractivity contribution in [1.82, 2.24) is 9.13 Å². The highest BCUT2D eigenvalue weighted by molar-refractivity contribution is 5.92. The number of imidazole rings is 1. The van der Waals surface area contributed by atoms with E-state index in [0.29, 0.717) is 5.56 Å². The molecular formula is C12H12FN3O2. The third-order valence-corrected chi connectivity index (χ3v) is 2.70. The lowest BCUT2D eigenvalue weighted by Crippen LogP contribution is -2.22. The van der Waals surface area contributed by atoms with Crippen molar-refractivity contribution in [3.05, 3.63) is 58.0 Å². The number of hydrogen-bond donors (Lipinski definition) is 1. The molecular weight excluding hydrogens is 237 g/mol. The fourth-order valence-electron chi connectivity index (χ4n) is 1.64. The van der Waals surface area contributed by atoms with Gasteiger partial charge in [0.15, 0.2) is 0 Å². The Morgan fingerprint density at radius 1 is 1.39 bits per heavy atom. The quantitative estimate of drug-likeness (QED) is 0.859. The predicted octanol–water partition coefficient (Wildman–Crippen LogP) is 0.473. The molecule has 0 radical (unpaired) electrons. The molecule has 1 amide bonds. The number of benzene rings is 1. The molecule has 18 heavy (non-hydrogen) atoms. The van der Waals surface area contributed by atoms with Crippen molar-refractivity contribution in [2.45, 2.75) is 6.54 Å². The maximum Gasteiger partial charge on any atom is 0.328 e. The number of carbonyl (C=O) groups excluding carboxylic acids is 1. The van der Waals surface area contributed by atoms with Crippen molar-refractivity contribution in [3.63, 3.8) is 0 Å². The van der Waals surface area contributed by atoms with Gasteiger partial charge in [0.05, 0.1) is 6.54 Å². The summed E-state index contributed by atoms with van der Waals surface area (Å²) < 4.78 is 16.5. The van der Waals surface area contributed by atoms with Crippen molar-refractivity contribution in [3.8, 4) is 0 Å². The molecule has 0 aliphatic carbocycles. The topological polar surface area (TPSA) is 70.0 Å². The molecule has 0 atom stereocenters. The van der Waals surface area contributed by atoms with E-state index < -0.39 is 11.7 Å². The summed E-state index contributed by atoms with van der Waals surface area (Å²) in [5, 5.41) is 0. The third-order valence-electron chi connectivity index (χ3n) is 2.70. The summed E-state index contributed by atoms with van der Waals surface area (Å²) in [5.74, 6) is -1.24. The molecule has 0 fully saturated rings. The number of aromatic nitrogens is 2. The van der Waals surface area contributed by atoms with Crippen molar-refractivity contribution < 1.29 is 9.18 Å². The zero-order valence-corrected chi connectivity index (χ0v) is 9.76. The fraction of sp³-hybridized carbons (Fsp3) is 0.167. The predicted molar refractivity (Wildman–Crippen MR) is 63.7 cm³/mol. The van der Waals surface area contributed by atoms with Crippen LogP contribution >= 0.6 is 0 Å². The van der Waals surface area contributed by atoms with Crippen molar-refractivity contribution in [2.75, 3.05) is 0 Å². The van der Waals surface area contributed by atoms with Crippen LogP contribution in [0.4, 0.5) is 4.39 Å². The van der Waals surface area contributed by atoms with Gasteiger partial charge in [-0.05, 0) is 12.1 Å². The lowest BCUT2D eigenvalue weighted by atomic mass is 10.1. The summed E-state index contributed by atoms with van der Waals surface area (Å²) in [6, 6.07) is 3.97. The van der Waals surface area contributed by atoms with Crippen LogP contribution in [0.5, 0.6) is 0 Å². The molecule has 0 spiro atoms. The number of aryl methyl sites for hydroxylation is 1. The van der Waals surface area contributed by atoms with Crippen LogP contribution in [0.15, 0.2) is 35.4 Å². The van der Waals surface area contributed by atoms with E-state index >= 15 is 0 Å². The largest absolute Gasteiger partial charge is 0.366 e. The molecule has 1 heterocycles. The van der Waals surface area contributed by atoms with Crippen LogP contribution < -0.4 is 11.4 Å². The average Bonchev–Trinajstić information content (AvgIpc) is 2.63. The molecule has 2 aromatic rings. The van der Waals surface area contributed by atoms with E-state index in [0.717, 1.165) is 6.07 Å². The number of halogens is 1. The van der Waals surface area contributed by atoms with E-state index in [4.69, 9.17) is 5.73 Å². The third kappa shape index (κ3) is 2.17. The van der Waals surface area contributed by atoms with Gasteiger partial charge in [-0.1, -0.05) is 6.07 Å². The van der Waals surface area contributed by atoms with Crippen molar-refractivity contribution in [1.29, 1.82) is 0 Å². The number of amides is 1. The van der Waals surface area contributed by atoms with Crippen LogP contribution in [-0.2, 0) is 13.6 Å². The van der Waals surface area contributed by atoms with Gasteiger partial charge in [-0.2, -0.15) is 0 Å². The Labute approximate surface area is 102 Å². The first-order chi connectivity index (χ1) is 8.49. The minimum absolute atomic E-state index is 0.108. The van der Waals surface area contributed by atoms with E-state index in [9.17, 15) is 14.0 Å². The summed E-state index contributed by atoms with van der Waals surface area (Å²) in [6.07, 6.45) is 3.17. The minimum atomic E-state index is -0.683. The highest BCUT2D eigenvalue weighted by Crippen LogP contribution is 2.11. The zero-order valence-electron chi connectivity index (χ0n) is 9.76. The smallest absolute Gasteiger partial charge is 0.328 e. The standard InChI is InChI=1S/C12H12FN3O2/c1-15-4-5-16(12(15)18)7-9-3-2-8(11(14)17)6-10(9)13/h2-6H,7H2,1H3,(H2,14,17). The maximum atomic E-state index is 13.7. The Morgan fingerprint density at radius 2 is 2.11 bits per heavy atom. The molecule has 0 aliphatic heterocycles. The van der Waals surface area contributed by atoms with Gasteiger partial charge in [0, 0.05) is 30.6 Å². The number of nitrogens with two attached hydrogens (primary N) is 1. The first-order valence-corrected chi connectivity index (χ1v) is 5.29. The van der Waals surface area contributed by atoms with E-state index in [1.807, 2.05) is 0 Å². The Bertz CT molecular complexity index is 658. The number of hydrogen-bond acceptors (Lipinski definition) is 2. The summed E-state index contributed by atoms with van der Waals surface area (Å²) in [4.78, 5) is 22.5.